The molecule has 0 bridgehead atoms. The standard InChI is InChI=1S/C22H20BrN3O4S/c1-15-3-10-20(11-4-15)31(28,29)26-19-8-5-16(6-9-19)22(27)25-24-14-17-13-18(23)7-12-21(17)30-2/h3-14,26H,1-2H3,(H,25,27). The maximum atomic E-state index is 12.5. The Balaban J connectivity index is 1.65. The van der Waals surface area contributed by atoms with Gasteiger partial charge in [-0.3, -0.25) is 9.52 Å². The minimum atomic E-state index is -3.71. The highest BCUT2D eigenvalue weighted by atomic mass is 79.9. The number of anilines is 1. The number of sulfonamides is 1. The van der Waals surface area contributed by atoms with Crippen molar-refractivity contribution in [2.75, 3.05) is 11.8 Å². The fourth-order valence-electron chi connectivity index (χ4n) is 2.65. The number of nitrogens with zero attached hydrogens (tertiary/aromatic N) is 1. The molecule has 0 spiro atoms. The van der Waals surface area contributed by atoms with Crippen molar-refractivity contribution < 1.29 is 17.9 Å². The Bertz CT molecular complexity index is 1210. The van der Waals surface area contributed by atoms with E-state index in [-0.39, 0.29) is 4.90 Å². The van der Waals surface area contributed by atoms with E-state index in [9.17, 15) is 13.2 Å². The van der Waals surface area contributed by atoms with E-state index in [1.54, 1.807) is 25.3 Å². The Hall–Kier alpha value is -3.17. The monoisotopic (exact) mass is 501 g/mol. The van der Waals surface area contributed by atoms with E-state index in [1.807, 2.05) is 19.1 Å². The third-order valence-electron chi connectivity index (χ3n) is 4.29. The fraction of sp³-hybridized carbons (Fsp3) is 0.0909. The Morgan fingerprint density at radius 2 is 1.71 bits per heavy atom. The van der Waals surface area contributed by atoms with Gasteiger partial charge < -0.3 is 4.74 Å². The van der Waals surface area contributed by atoms with Crippen LogP contribution in [0.25, 0.3) is 0 Å². The zero-order chi connectivity index (χ0) is 22.4. The van der Waals surface area contributed by atoms with Gasteiger partial charge in [0.2, 0.25) is 0 Å². The molecule has 9 heteroatoms. The molecule has 2 N–H and O–H groups in total. The summed E-state index contributed by atoms with van der Waals surface area (Å²) in [6.45, 7) is 1.88. The molecule has 0 saturated carbocycles. The summed E-state index contributed by atoms with van der Waals surface area (Å²) in [5, 5.41) is 3.96. The molecule has 0 aliphatic rings. The van der Waals surface area contributed by atoms with Gasteiger partial charge in [0.25, 0.3) is 15.9 Å². The normalized spacial score (nSPS) is 11.3. The van der Waals surface area contributed by atoms with Crippen LogP contribution in [-0.4, -0.2) is 27.6 Å². The largest absolute Gasteiger partial charge is 0.496 e. The SMILES string of the molecule is COc1ccc(Br)cc1C=NNC(=O)c1ccc(NS(=O)(=O)c2ccc(C)cc2)cc1. The van der Waals surface area contributed by atoms with E-state index in [1.165, 1.54) is 42.6 Å². The number of benzene rings is 3. The molecule has 0 atom stereocenters. The summed E-state index contributed by atoms with van der Waals surface area (Å²) in [7, 11) is -2.16. The highest BCUT2D eigenvalue weighted by Crippen LogP contribution is 2.21. The average molecular weight is 502 g/mol. The maximum Gasteiger partial charge on any atom is 0.271 e. The third kappa shape index (κ3) is 5.93. The summed E-state index contributed by atoms with van der Waals surface area (Å²) >= 11 is 3.38. The number of rotatable bonds is 7. The molecule has 7 nitrogen and oxygen atoms in total. The number of hydrazone groups is 1. The lowest BCUT2D eigenvalue weighted by molar-refractivity contribution is 0.0955. The van der Waals surface area contributed by atoms with E-state index < -0.39 is 15.9 Å². The van der Waals surface area contributed by atoms with Crippen molar-refractivity contribution in [3.05, 3.63) is 87.9 Å². The summed E-state index contributed by atoms with van der Waals surface area (Å²) in [5.74, 6) is 0.185. The van der Waals surface area contributed by atoms with Gasteiger partial charge in [-0.05, 0) is 61.5 Å². The van der Waals surface area contributed by atoms with Gasteiger partial charge in [0.15, 0.2) is 0 Å². The number of halogens is 1. The summed E-state index contributed by atoms with van der Waals surface area (Å²) in [4.78, 5) is 12.5. The molecule has 0 saturated heterocycles. The Labute approximate surface area is 189 Å². The van der Waals surface area contributed by atoms with Gasteiger partial charge in [0, 0.05) is 21.3 Å². The highest BCUT2D eigenvalue weighted by molar-refractivity contribution is 9.10. The van der Waals surface area contributed by atoms with Crippen LogP contribution in [0.15, 0.2) is 81.2 Å². The van der Waals surface area contributed by atoms with Gasteiger partial charge in [0.1, 0.15) is 5.75 Å². The molecular weight excluding hydrogens is 482 g/mol. The molecule has 1 amide bonds. The molecule has 0 unspecified atom stereocenters. The van der Waals surface area contributed by atoms with Crippen molar-refractivity contribution in [3.8, 4) is 5.75 Å². The predicted molar refractivity (Wildman–Crippen MR) is 124 cm³/mol. The number of carbonyl (C=O) groups is 1. The number of ether oxygens (including phenoxy) is 1. The Kier molecular flexibility index (Phi) is 7.09. The second-order valence-electron chi connectivity index (χ2n) is 6.58. The molecule has 3 aromatic rings. The average Bonchev–Trinajstić information content (AvgIpc) is 2.74. The summed E-state index contributed by atoms with van der Waals surface area (Å²) in [6, 6.07) is 18.0. The van der Waals surface area contributed by atoms with Crippen LogP contribution in [0.1, 0.15) is 21.5 Å². The Morgan fingerprint density at radius 1 is 1.03 bits per heavy atom. The smallest absolute Gasteiger partial charge is 0.271 e. The van der Waals surface area contributed by atoms with Gasteiger partial charge >= 0.3 is 0 Å². The lowest BCUT2D eigenvalue weighted by Crippen LogP contribution is -2.18. The van der Waals surface area contributed by atoms with E-state index in [2.05, 4.69) is 31.2 Å². The van der Waals surface area contributed by atoms with Gasteiger partial charge in [-0.2, -0.15) is 5.10 Å². The van der Waals surface area contributed by atoms with Gasteiger partial charge in [-0.15, -0.1) is 0 Å². The van der Waals surface area contributed by atoms with Gasteiger partial charge in [0.05, 0.1) is 18.2 Å². The van der Waals surface area contributed by atoms with Crippen molar-refractivity contribution in [2.24, 2.45) is 5.10 Å². The van der Waals surface area contributed by atoms with Crippen molar-refractivity contribution in [3.63, 3.8) is 0 Å². The minimum absolute atomic E-state index is 0.164. The molecule has 0 aromatic heterocycles. The molecule has 0 aliphatic heterocycles. The number of amides is 1. The van der Waals surface area contributed by atoms with Crippen molar-refractivity contribution in [2.45, 2.75) is 11.8 Å². The molecule has 0 aliphatic carbocycles. The maximum absolute atomic E-state index is 12.5. The van der Waals surface area contributed by atoms with E-state index in [4.69, 9.17) is 4.74 Å². The number of hydrogen-bond donors (Lipinski definition) is 2. The molecule has 3 rings (SSSR count). The molecule has 0 heterocycles. The van der Waals surface area contributed by atoms with Crippen LogP contribution < -0.4 is 14.9 Å². The van der Waals surface area contributed by atoms with Crippen LogP contribution in [0.2, 0.25) is 0 Å². The molecule has 160 valence electrons. The molecule has 0 fully saturated rings. The lowest BCUT2D eigenvalue weighted by Gasteiger charge is -2.09. The first-order valence-electron chi connectivity index (χ1n) is 9.15. The molecule has 3 aromatic carbocycles. The van der Waals surface area contributed by atoms with Crippen LogP contribution in [0.5, 0.6) is 5.75 Å². The molecular formula is C22H20BrN3O4S. The van der Waals surface area contributed by atoms with Crippen LogP contribution in [0, 0.1) is 6.92 Å². The van der Waals surface area contributed by atoms with Gasteiger partial charge in [-0.1, -0.05) is 33.6 Å². The summed E-state index contributed by atoms with van der Waals surface area (Å²) in [6.07, 6.45) is 1.48. The van der Waals surface area contributed by atoms with Crippen LogP contribution in [0.4, 0.5) is 5.69 Å². The first-order chi connectivity index (χ1) is 14.8. The number of carbonyl (C=O) groups excluding carboxylic acids is 1. The Morgan fingerprint density at radius 3 is 2.35 bits per heavy atom. The van der Waals surface area contributed by atoms with E-state index in [0.29, 0.717) is 22.6 Å². The minimum Gasteiger partial charge on any atom is -0.496 e. The van der Waals surface area contributed by atoms with E-state index >= 15 is 0 Å². The zero-order valence-electron chi connectivity index (χ0n) is 16.8. The molecule has 0 radical (unpaired) electrons. The van der Waals surface area contributed by atoms with Crippen molar-refractivity contribution in [1.29, 1.82) is 0 Å². The zero-order valence-corrected chi connectivity index (χ0v) is 19.2. The fourth-order valence-corrected chi connectivity index (χ4v) is 4.09. The summed E-state index contributed by atoms with van der Waals surface area (Å²) < 4.78 is 33.5. The van der Waals surface area contributed by atoms with Crippen LogP contribution >= 0.6 is 15.9 Å². The topological polar surface area (TPSA) is 96.9 Å². The summed E-state index contributed by atoms with van der Waals surface area (Å²) in [5.41, 5.74) is 4.78. The van der Waals surface area contributed by atoms with Crippen LogP contribution in [0.3, 0.4) is 0 Å². The quantitative estimate of drug-likeness (QED) is 0.371. The third-order valence-corrected chi connectivity index (χ3v) is 6.18. The van der Waals surface area contributed by atoms with Crippen LogP contribution in [-0.2, 0) is 10.0 Å². The number of methoxy groups -OCH3 is 1. The second-order valence-corrected chi connectivity index (χ2v) is 9.18. The van der Waals surface area contributed by atoms with Gasteiger partial charge in [-0.25, -0.2) is 13.8 Å². The van der Waals surface area contributed by atoms with Crippen molar-refractivity contribution in [1.82, 2.24) is 5.43 Å². The highest BCUT2D eigenvalue weighted by Gasteiger charge is 2.14. The predicted octanol–water partition coefficient (Wildman–Crippen LogP) is 4.33. The molecule has 31 heavy (non-hydrogen) atoms. The number of aryl methyl sites for hydroxylation is 1. The second kappa shape index (κ2) is 9.76. The number of nitrogens with one attached hydrogen (secondary N) is 2. The van der Waals surface area contributed by atoms with E-state index in [0.717, 1.165) is 10.0 Å². The first kappa shape index (κ1) is 22.5. The first-order valence-corrected chi connectivity index (χ1v) is 11.4. The lowest BCUT2D eigenvalue weighted by atomic mass is 10.2. The number of hydrogen-bond acceptors (Lipinski definition) is 5. The van der Waals surface area contributed by atoms with Crippen molar-refractivity contribution >= 4 is 43.8 Å².